The van der Waals surface area contributed by atoms with Crippen LogP contribution in [0.4, 0.5) is 0 Å². The lowest BCUT2D eigenvalue weighted by Crippen LogP contribution is -2.47. The zero-order valence-electron chi connectivity index (χ0n) is 16.1. The van der Waals surface area contributed by atoms with Crippen LogP contribution in [0.3, 0.4) is 0 Å². The van der Waals surface area contributed by atoms with Crippen LogP contribution in [0, 0.1) is 11.8 Å². The summed E-state index contributed by atoms with van der Waals surface area (Å²) < 4.78 is 0. The van der Waals surface area contributed by atoms with Gasteiger partial charge in [0.15, 0.2) is 0 Å². The maximum absolute atomic E-state index is 12.3. The van der Waals surface area contributed by atoms with Crippen LogP contribution >= 0.6 is 0 Å². The fourth-order valence-corrected chi connectivity index (χ4v) is 3.84. The van der Waals surface area contributed by atoms with Gasteiger partial charge in [-0.3, -0.25) is 9.69 Å². The van der Waals surface area contributed by atoms with Crippen LogP contribution in [0.5, 0.6) is 0 Å². The Morgan fingerprint density at radius 1 is 1.00 bits per heavy atom. The van der Waals surface area contributed by atoms with Crippen LogP contribution in [-0.4, -0.2) is 59.5 Å². The molecule has 134 valence electrons. The third-order valence-corrected chi connectivity index (χ3v) is 5.22. The minimum atomic E-state index is -0.121. The van der Waals surface area contributed by atoms with E-state index >= 15 is 0 Å². The average molecular weight is 324 g/mol. The molecule has 1 N–H and O–H groups in total. The van der Waals surface area contributed by atoms with Crippen molar-refractivity contribution in [3.8, 4) is 0 Å². The van der Waals surface area contributed by atoms with Gasteiger partial charge in [-0.05, 0) is 86.4 Å². The minimum absolute atomic E-state index is 0.121. The van der Waals surface area contributed by atoms with E-state index in [4.69, 9.17) is 0 Å². The predicted molar refractivity (Wildman–Crippen MR) is 96.5 cm³/mol. The molecule has 0 aromatic heterocycles. The highest BCUT2D eigenvalue weighted by Crippen LogP contribution is 2.26. The number of rotatable bonds is 3. The molecule has 2 heterocycles. The van der Waals surface area contributed by atoms with Crippen molar-refractivity contribution in [2.24, 2.45) is 11.8 Å². The lowest BCUT2D eigenvalue weighted by molar-refractivity contribution is -0.126. The molecule has 0 saturated carbocycles. The van der Waals surface area contributed by atoms with Crippen molar-refractivity contribution >= 4 is 5.91 Å². The molecule has 4 nitrogen and oxygen atoms in total. The van der Waals surface area contributed by atoms with E-state index in [0.29, 0.717) is 5.54 Å². The molecule has 0 radical (unpaired) electrons. The van der Waals surface area contributed by atoms with Gasteiger partial charge >= 0.3 is 0 Å². The summed E-state index contributed by atoms with van der Waals surface area (Å²) in [4.78, 5) is 17.4. The summed E-state index contributed by atoms with van der Waals surface area (Å²) in [6, 6.07) is 0. The summed E-state index contributed by atoms with van der Waals surface area (Å²) >= 11 is 0. The molecule has 23 heavy (non-hydrogen) atoms. The van der Waals surface area contributed by atoms with Gasteiger partial charge in [-0.15, -0.1) is 0 Å². The van der Waals surface area contributed by atoms with Crippen molar-refractivity contribution in [3.05, 3.63) is 0 Å². The Balaban J connectivity index is 1.73. The first-order chi connectivity index (χ1) is 10.5. The monoisotopic (exact) mass is 323 g/mol. The van der Waals surface area contributed by atoms with E-state index in [1.54, 1.807) is 0 Å². The molecule has 1 atom stereocenters. The molecule has 0 spiro atoms. The largest absolute Gasteiger partial charge is 0.351 e. The number of hydrogen-bond acceptors (Lipinski definition) is 3. The zero-order valence-corrected chi connectivity index (χ0v) is 16.1. The topological polar surface area (TPSA) is 35.6 Å². The molecular formula is C19H37N3O. The van der Waals surface area contributed by atoms with E-state index in [1.165, 1.54) is 32.5 Å². The Labute approximate surface area is 143 Å². The summed E-state index contributed by atoms with van der Waals surface area (Å²) in [6.07, 6.45) is 3.61. The van der Waals surface area contributed by atoms with Crippen molar-refractivity contribution in [2.45, 2.75) is 71.9 Å². The number of nitrogens with zero attached hydrogens (tertiary/aromatic N) is 2. The Morgan fingerprint density at radius 2 is 1.61 bits per heavy atom. The fourth-order valence-electron chi connectivity index (χ4n) is 3.84. The van der Waals surface area contributed by atoms with Crippen molar-refractivity contribution < 1.29 is 4.79 Å². The lowest BCUT2D eigenvalue weighted by atomic mass is 9.92. The molecule has 2 aliphatic heterocycles. The Hall–Kier alpha value is -0.610. The normalized spacial score (nSPS) is 25.7. The number of amides is 1. The molecule has 4 heteroatoms. The van der Waals surface area contributed by atoms with E-state index in [9.17, 15) is 4.79 Å². The zero-order chi connectivity index (χ0) is 17.3. The fraction of sp³-hybridized carbons (Fsp3) is 0.947. The summed E-state index contributed by atoms with van der Waals surface area (Å²) in [6.45, 7) is 18.7. The third-order valence-electron chi connectivity index (χ3n) is 5.22. The maximum Gasteiger partial charge on any atom is 0.224 e. The van der Waals surface area contributed by atoms with E-state index in [0.717, 1.165) is 25.4 Å². The standard InChI is InChI=1S/C19H37N3O/c1-18(2,3)20-17(23)16-9-10-21(14-16)13-15-7-11-22(12-8-15)19(4,5)6/h15-16H,7-14H2,1-6H3,(H,20,23). The second-order valence-electron chi connectivity index (χ2n) is 9.59. The molecular weight excluding hydrogens is 286 g/mol. The Kier molecular flexibility index (Phi) is 5.78. The van der Waals surface area contributed by atoms with Crippen molar-refractivity contribution in [3.63, 3.8) is 0 Å². The van der Waals surface area contributed by atoms with E-state index in [2.05, 4.69) is 56.7 Å². The molecule has 0 aromatic rings. The maximum atomic E-state index is 12.3. The van der Waals surface area contributed by atoms with Crippen molar-refractivity contribution in [2.75, 3.05) is 32.7 Å². The first-order valence-corrected chi connectivity index (χ1v) is 9.34. The first kappa shape index (κ1) is 18.7. The Morgan fingerprint density at radius 3 is 2.13 bits per heavy atom. The van der Waals surface area contributed by atoms with Crippen LogP contribution in [0.1, 0.15) is 60.8 Å². The molecule has 2 rings (SSSR count). The Bertz CT molecular complexity index is 400. The van der Waals surface area contributed by atoms with Crippen LogP contribution in [0.15, 0.2) is 0 Å². The quantitative estimate of drug-likeness (QED) is 0.867. The lowest BCUT2D eigenvalue weighted by Gasteiger charge is -2.41. The molecule has 0 aliphatic carbocycles. The number of nitrogens with one attached hydrogen (secondary N) is 1. The number of likely N-dealkylation sites (tertiary alicyclic amines) is 2. The van der Waals surface area contributed by atoms with Gasteiger partial charge in [0.05, 0.1) is 5.92 Å². The van der Waals surface area contributed by atoms with E-state index < -0.39 is 0 Å². The summed E-state index contributed by atoms with van der Waals surface area (Å²) in [5.41, 5.74) is 0.180. The van der Waals surface area contributed by atoms with Gasteiger partial charge in [-0.25, -0.2) is 0 Å². The average Bonchev–Trinajstić information content (AvgIpc) is 2.85. The van der Waals surface area contributed by atoms with Gasteiger partial charge in [0.1, 0.15) is 0 Å². The molecule has 1 unspecified atom stereocenters. The van der Waals surface area contributed by atoms with E-state index in [-0.39, 0.29) is 17.4 Å². The highest BCUT2D eigenvalue weighted by Gasteiger charge is 2.33. The van der Waals surface area contributed by atoms with Gasteiger partial charge in [0, 0.05) is 24.2 Å². The predicted octanol–water partition coefficient (Wildman–Crippen LogP) is 2.73. The van der Waals surface area contributed by atoms with Gasteiger partial charge in [0.2, 0.25) is 5.91 Å². The van der Waals surface area contributed by atoms with Gasteiger partial charge in [-0.2, -0.15) is 0 Å². The smallest absolute Gasteiger partial charge is 0.224 e. The highest BCUT2D eigenvalue weighted by molar-refractivity contribution is 5.79. The molecule has 0 bridgehead atoms. The van der Waals surface area contributed by atoms with E-state index in [1.807, 2.05) is 0 Å². The number of carbonyl (C=O) groups excluding carboxylic acids is 1. The number of carbonyl (C=O) groups is 1. The van der Waals surface area contributed by atoms with Crippen LogP contribution < -0.4 is 5.32 Å². The molecule has 1 amide bonds. The number of piperidine rings is 1. The SMILES string of the molecule is CC(C)(C)NC(=O)C1CCN(CC2CCN(C(C)(C)C)CC2)C1. The molecule has 0 aromatic carbocycles. The van der Waals surface area contributed by atoms with Crippen molar-refractivity contribution in [1.82, 2.24) is 15.1 Å². The third kappa shape index (κ3) is 5.75. The van der Waals surface area contributed by atoms with Gasteiger partial charge in [-0.1, -0.05) is 0 Å². The summed E-state index contributed by atoms with van der Waals surface area (Å²) in [5.74, 6) is 1.23. The molecule has 2 aliphatic rings. The second kappa shape index (κ2) is 7.10. The highest BCUT2D eigenvalue weighted by atomic mass is 16.2. The molecule has 2 saturated heterocycles. The van der Waals surface area contributed by atoms with Crippen molar-refractivity contribution in [1.29, 1.82) is 0 Å². The number of hydrogen-bond donors (Lipinski definition) is 1. The minimum Gasteiger partial charge on any atom is -0.351 e. The van der Waals surface area contributed by atoms with Crippen LogP contribution in [0.25, 0.3) is 0 Å². The van der Waals surface area contributed by atoms with Crippen LogP contribution in [-0.2, 0) is 4.79 Å². The van der Waals surface area contributed by atoms with Gasteiger partial charge < -0.3 is 10.2 Å². The molecule has 2 fully saturated rings. The summed E-state index contributed by atoms with van der Waals surface area (Å²) in [5, 5.41) is 3.14. The summed E-state index contributed by atoms with van der Waals surface area (Å²) in [7, 11) is 0. The second-order valence-corrected chi connectivity index (χ2v) is 9.59. The van der Waals surface area contributed by atoms with Gasteiger partial charge in [0.25, 0.3) is 0 Å². The first-order valence-electron chi connectivity index (χ1n) is 9.34. The van der Waals surface area contributed by atoms with Crippen LogP contribution in [0.2, 0.25) is 0 Å².